The van der Waals surface area contributed by atoms with Gasteiger partial charge in [-0.05, 0) is 29.7 Å². The fourth-order valence-corrected chi connectivity index (χ4v) is 4.07. The van der Waals surface area contributed by atoms with Crippen LogP contribution in [-0.4, -0.2) is 30.9 Å². The van der Waals surface area contributed by atoms with Gasteiger partial charge in [0.1, 0.15) is 0 Å². The predicted octanol–water partition coefficient (Wildman–Crippen LogP) is 3.51. The molecule has 0 N–H and O–H groups in total. The number of hydrogen-bond acceptors (Lipinski definition) is 5. The molecule has 2 atom stereocenters. The molecule has 126 valence electrons. The molecule has 2 aromatic rings. The largest absolute Gasteiger partial charge is 0.465 e. The number of rotatable bonds is 2. The molecular formula is C20H18N2O3. The number of benzene rings is 2. The average molecular weight is 334 g/mol. The third-order valence-corrected chi connectivity index (χ3v) is 5.27. The van der Waals surface area contributed by atoms with Gasteiger partial charge < -0.3 is 4.74 Å². The molecule has 5 heteroatoms. The minimum atomic E-state index is -0.946. The van der Waals surface area contributed by atoms with Gasteiger partial charge >= 0.3 is 5.97 Å². The molecule has 25 heavy (non-hydrogen) atoms. The maximum absolute atomic E-state index is 13.3. The summed E-state index contributed by atoms with van der Waals surface area (Å²) in [7, 11) is 1.36. The number of ketones is 1. The Morgan fingerprint density at radius 1 is 1.20 bits per heavy atom. The van der Waals surface area contributed by atoms with Gasteiger partial charge in [-0.25, -0.2) is 4.79 Å². The second-order valence-corrected chi connectivity index (χ2v) is 6.59. The van der Waals surface area contributed by atoms with Gasteiger partial charge in [-0.15, -0.1) is 0 Å². The Morgan fingerprint density at radius 3 is 2.76 bits per heavy atom. The Bertz CT molecular complexity index is 919. The van der Waals surface area contributed by atoms with E-state index in [0.29, 0.717) is 18.5 Å². The Labute approximate surface area is 145 Å². The van der Waals surface area contributed by atoms with Crippen LogP contribution in [0.15, 0.2) is 52.7 Å². The monoisotopic (exact) mass is 334 g/mol. The Kier molecular flexibility index (Phi) is 3.53. The normalized spacial score (nSPS) is 23.9. The highest BCUT2D eigenvalue weighted by molar-refractivity contribution is 6.10. The van der Waals surface area contributed by atoms with Crippen LogP contribution in [0.4, 0.5) is 0 Å². The van der Waals surface area contributed by atoms with E-state index in [1.54, 1.807) is 12.1 Å². The zero-order chi connectivity index (χ0) is 17.6. The first kappa shape index (κ1) is 15.7. The lowest BCUT2D eigenvalue weighted by molar-refractivity contribution is 0.0597. The first-order valence-corrected chi connectivity index (χ1v) is 8.27. The minimum Gasteiger partial charge on any atom is -0.465 e. The lowest BCUT2D eigenvalue weighted by Crippen LogP contribution is -2.39. The first-order valence-electron chi connectivity index (χ1n) is 8.27. The second-order valence-electron chi connectivity index (χ2n) is 6.59. The van der Waals surface area contributed by atoms with E-state index in [2.05, 4.69) is 10.2 Å². The number of Topliss-reactive ketones (excluding diaryl/α,β-unsaturated/α-hetero) is 1. The van der Waals surface area contributed by atoms with Crippen molar-refractivity contribution in [1.29, 1.82) is 0 Å². The van der Waals surface area contributed by atoms with Crippen LogP contribution in [0.3, 0.4) is 0 Å². The molecule has 0 saturated heterocycles. The van der Waals surface area contributed by atoms with Crippen LogP contribution in [-0.2, 0) is 11.2 Å². The highest BCUT2D eigenvalue weighted by Gasteiger charge is 2.55. The molecule has 4 rings (SSSR count). The second kappa shape index (κ2) is 5.62. The van der Waals surface area contributed by atoms with Crippen LogP contribution in [0.2, 0.25) is 0 Å². The molecular weight excluding hydrogens is 316 g/mol. The van der Waals surface area contributed by atoms with E-state index in [1.165, 1.54) is 7.11 Å². The van der Waals surface area contributed by atoms with Gasteiger partial charge in [0.25, 0.3) is 0 Å². The highest BCUT2D eigenvalue weighted by Crippen LogP contribution is 2.47. The van der Waals surface area contributed by atoms with Crippen LogP contribution >= 0.6 is 0 Å². The Hall–Kier alpha value is -2.82. The molecule has 0 bridgehead atoms. The summed E-state index contributed by atoms with van der Waals surface area (Å²) in [6.07, 6.45) is 0.520. The van der Waals surface area contributed by atoms with Crippen molar-refractivity contribution in [2.75, 3.05) is 13.7 Å². The predicted molar refractivity (Wildman–Crippen MR) is 92.2 cm³/mol. The lowest BCUT2D eigenvalue weighted by Gasteiger charge is -2.27. The lowest BCUT2D eigenvalue weighted by atomic mass is 9.76. The van der Waals surface area contributed by atoms with Crippen molar-refractivity contribution in [2.45, 2.75) is 24.8 Å². The number of hydrogen-bond donors (Lipinski definition) is 0. The number of azo groups is 1. The van der Waals surface area contributed by atoms with Gasteiger partial charge in [0, 0.05) is 17.9 Å². The quantitative estimate of drug-likeness (QED) is 0.789. The fraction of sp³-hybridized carbons (Fsp3) is 0.300. The van der Waals surface area contributed by atoms with Gasteiger partial charge in [0.2, 0.25) is 0 Å². The molecule has 1 aliphatic heterocycles. The number of fused-ring (bicyclic) bond motifs is 1. The van der Waals surface area contributed by atoms with E-state index >= 15 is 0 Å². The van der Waals surface area contributed by atoms with Crippen molar-refractivity contribution < 1.29 is 14.3 Å². The number of methoxy groups -OCH3 is 1. The molecule has 1 aliphatic carbocycles. The number of esters is 1. The van der Waals surface area contributed by atoms with Gasteiger partial charge in [-0.3, -0.25) is 4.79 Å². The number of carbonyl (C=O) groups excluding carboxylic acids is 2. The molecule has 0 unspecified atom stereocenters. The molecule has 0 saturated carbocycles. The number of carbonyl (C=O) groups is 2. The van der Waals surface area contributed by atoms with Gasteiger partial charge in [-0.2, -0.15) is 10.2 Å². The highest BCUT2D eigenvalue weighted by atomic mass is 16.5. The fourth-order valence-electron chi connectivity index (χ4n) is 4.07. The third-order valence-electron chi connectivity index (χ3n) is 5.27. The van der Waals surface area contributed by atoms with Crippen LogP contribution in [0.1, 0.15) is 43.3 Å². The van der Waals surface area contributed by atoms with Crippen LogP contribution in [0, 0.1) is 6.92 Å². The molecule has 0 radical (unpaired) electrons. The van der Waals surface area contributed by atoms with E-state index in [4.69, 9.17) is 4.74 Å². The van der Waals surface area contributed by atoms with Crippen LogP contribution in [0.25, 0.3) is 0 Å². The summed E-state index contributed by atoms with van der Waals surface area (Å²) in [4.78, 5) is 25.5. The topological polar surface area (TPSA) is 68.1 Å². The number of ether oxygens (including phenoxy) is 1. The van der Waals surface area contributed by atoms with E-state index in [9.17, 15) is 9.59 Å². The minimum absolute atomic E-state index is 0.00604. The number of aryl methyl sites for hydroxylation is 1. The molecule has 2 aliphatic rings. The standard InChI is InChI=1S/C20H18N2O3/c1-12-6-5-7-13-10-20(18(23)17(12)13)16(11-21-22-20)14-8-3-4-9-15(14)19(24)25-2/h3-9,16H,10-11H2,1-2H3/t16-,20+/m0/s1. The summed E-state index contributed by atoms with van der Waals surface area (Å²) in [6, 6.07) is 13.1. The summed E-state index contributed by atoms with van der Waals surface area (Å²) in [5.74, 6) is -0.662. The van der Waals surface area contributed by atoms with Crippen molar-refractivity contribution in [3.8, 4) is 0 Å². The number of nitrogens with zero attached hydrogens (tertiary/aromatic N) is 2. The summed E-state index contributed by atoms with van der Waals surface area (Å²) in [6.45, 7) is 2.34. The van der Waals surface area contributed by atoms with Gasteiger partial charge in [0.05, 0.1) is 19.2 Å². The summed E-state index contributed by atoms with van der Waals surface area (Å²) in [5.41, 5.74) is 3.02. The van der Waals surface area contributed by atoms with E-state index in [0.717, 1.165) is 22.3 Å². The van der Waals surface area contributed by atoms with Crippen molar-refractivity contribution in [1.82, 2.24) is 0 Å². The Balaban J connectivity index is 1.84. The van der Waals surface area contributed by atoms with Gasteiger partial charge in [-0.1, -0.05) is 36.4 Å². The molecule has 1 heterocycles. The van der Waals surface area contributed by atoms with Crippen molar-refractivity contribution in [3.63, 3.8) is 0 Å². The van der Waals surface area contributed by atoms with Crippen LogP contribution in [0.5, 0.6) is 0 Å². The summed E-state index contributed by atoms with van der Waals surface area (Å²) < 4.78 is 4.91. The zero-order valence-corrected chi connectivity index (χ0v) is 14.2. The van der Waals surface area contributed by atoms with Crippen molar-refractivity contribution in [3.05, 3.63) is 70.3 Å². The molecule has 0 fully saturated rings. The van der Waals surface area contributed by atoms with Gasteiger partial charge in [0.15, 0.2) is 11.3 Å². The molecule has 1 spiro atoms. The molecule has 0 amide bonds. The van der Waals surface area contributed by atoms with E-state index in [-0.39, 0.29) is 11.7 Å². The van der Waals surface area contributed by atoms with Crippen LogP contribution < -0.4 is 0 Å². The molecule has 5 nitrogen and oxygen atoms in total. The smallest absolute Gasteiger partial charge is 0.338 e. The average Bonchev–Trinajstić information content (AvgIpc) is 3.17. The van der Waals surface area contributed by atoms with Crippen molar-refractivity contribution >= 4 is 11.8 Å². The van der Waals surface area contributed by atoms with E-state index in [1.807, 2.05) is 37.3 Å². The maximum Gasteiger partial charge on any atom is 0.338 e. The van der Waals surface area contributed by atoms with E-state index < -0.39 is 11.5 Å². The Morgan fingerprint density at radius 2 is 2.00 bits per heavy atom. The maximum atomic E-state index is 13.3. The van der Waals surface area contributed by atoms with Crippen molar-refractivity contribution in [2.24, 2.45) is 10.2 Å². The molecule has 2 aromatic carbocycles. The SMILES string of the molecule is COC(=O)c1ccccc1[C@@H]1CN=N[C@]12Cc1cccc(C)c1C2=O. The zero-order valence-electron chi connectivity index (χ0n) is 14.2. The third kappa shape index (κ3) is 2.15. The first-order chi connectivity index (χ1) is 12.1. The summed E-state index contributed by atoms with van der Waals surface area (Å²) >= 11 is 0. The molecule has 0 aromatic heterocycles. The summed E-state index contributed by atoms with van der Waals surface area (Å²) in [5, 5.41) is 8.63.